The van der Waals surface area contributed by atoms with Crippen molar-refractivity contribution in [2.24, 2.45) is 0 Å². The molecule has 184 valence electrons. The van der Waals surface area contributed by atoms with Gasteiger partial charge in [0, 0.05) is 30.4 Å². The first-order valence-electron chi connectivity index (χ1n) is 12.0. The molecule has 0 aliphatic rings. The van der Waals surface area contributed by atoms with E-state index in [4.69, 9.17) is 9.84 Å². The van der Waals surface area contributed by atoms with Gasteiger partial charge in [-0.1, -0.05) is 61.5 Å². The number of carbonyl (C=O) groups excluding carboxylic acids is 2. The largest absolute Gasteiger partial charge is 0.497 e. The number of aromatic nitrogens is 2. The fourth-order valence-electron chi connectivity index (χ4n) is 3.86. The summed E-state index contributed by atoms with van der Waals surface area (Å²) in [5.74, 6) is 0.478. The number of anilines is 1. The molecule has 0 aliphatic carbocycles. The molecule has 1 aromatic heterocycles. The van der Waals surface area contributed by atoms with Gasteiger partial charge in [0.2, 0.25) is 5.91 Å². The van der Waals surface area contributed by atoms with Gasteiger partial charge < -0.3 is 15.4 Å². The lowest BCUT2D eigenvalue weighted by Gasteiger charge is -2.08. The van der Waals surface area contributed by atoms with E-state index >= 15 is 0 Å². The van der Waals surface area contributed by atoms with Crippen LogP contribution in [0.3, 0.4) is 0 Å². The smallest absolute Gasteiger partial charge is 0.255 e. The van der Waals surface area contributed by atoms with Crippen LogP contribution >= 0.6 is 0 Å². The van der Waals surface area contributed by atoms with Gasteiger partial charge in [0.15, 0.2) is 0 Å². The Kier molecular flexibility index (Phi) is 8.13. The molecular formula is C29H30N4O3. The van der Waals surface area contributed by atoms with Crippen molar-refractivity contribution in [3.63, 3.8) is 0 Å². The average Bonchev–Trinajstić information content (AvgIpc) is 3.33. The number of nitrogens with zero attached hydrogens (tertiary/aromatic N) is 2. The first kappa shape index (κ1) is 24.7. The summed E-state index contributed by atoms with van der Waals surface area (Å²) in [4.78, 5) is 25.1. The molecular weight excluding hydrogens is 452 g/mol. The van der Waals surface area contributed by atoms with E-state index in [1.165, 1.54) is 0 Å². The number of hydrogen-bond acceptors (Lipinski definition) is 4. The van der Waals surface area contributed by atoms with Crippen molar-refractivity contribution < 1.29 is 14.3 Å². The fourth-order valence-corrected chi connectivity index (χ4v) is 3.86. The zero-order chi connectivity index (χ0) is 25.3. The summed E-state index contributed by atoms with van der Waals surface area (Å²) in [7, 11) is 1.61. The second-order valence-electron chi connectivity index (χ2n) is 8.48. The summed E-state index contributed by atoms with van der Waals surface area (Å²) in [6.07, 6.45) is 3.07. The van der Waals surface area contributed by atoms with Crippen LogP contribution in [0, 0.1) is 0 Å². The molecule has 0 spiro atoms. The Hall–Kier alpha value is -4.39. The molecule has 0 unspecified atom stereocenters. The summed E-state index contributed by atoms with van der Waals surface area (Å²) in [6, 6.07) is 25.0. The molecule has 36 heavy (non-hydrogen) atoms. The van der Waals surface area contributed by atoms with Crippen molar-refractivity contribution in [3.8, 4) is 17.0 Å². The maximum absolute atomic E-state index is 13.3. The van der Waals surface area contributed by atoms with Gasteiger partial charge in [0.05, 0.1) is 19.2 Å². The number of rotatable bonds is 10. The van der Waals surface area contributed by atoms with Crippen molar-refractivity contribution in [2.75, 3.05) is 12.4 Å². The Bertz CT molecular complexity index is 1310. The summed E-state index contributed by atoms with van der Waals surface area (Å²) in [5, 5.41) is 10.6. The van der Waals surface area contributed by atoms with Crippen LogP contribution < -0.4 is 15.4 Å². The Labute approximate surface area is 211 Å². The number of amides is 2. The number of nitrogens with one attached hydrogen (secondary N) is 2. The Morgan fingerprint density at radius 3 is 2.44 bits per heavy atom. The standard InChI is InChI=1S/C29H30N4O3/c1-3-8-27(34)31-24-15-13-21(14-16-24)18-30-29(35)26-20-33(19-22-9-5-4-6-10-22)32-28(26)23-11-7-12-25(17-23)36-2/h4-7,9-17,20H,3,8,18-19H2,1-2H3,(H,30,35)(H,31,34). The second-order valence-corrected chi connectivity index (χ2v) is 8.48. The highest BCUT2D eigenvalue weighted by Gasteiger charge is 2.18. The predicted molar refractivity (Wildman–Crippen MR) is 141 cm³/mol. The van der Waals surface area contributed by atoms with Gasteiger partial charge in [-0.2, -0.15) is 5.10 Å². The molecule has 0 saturated heterocycles. The fraction of sp³-hybridized carbons (Fsp3) is 0.207. The van der Waals surface area contributed by atoms with Crippen LogP contribution in [0.2, 0.25) is 0 Å². The highest BCUT2D eigenvalue weighted by molar-refractivity contribution is 5.99. The number of ether oxygens (including phenoxy) is 1. The van der Waals surface area contributed by atoms with Gasteiger partial charge in [-0.3, -0.25) is 14.3 Å². The third-order valence-corrected chi connectivity index (χ3v) is 5.70. The van der Waals surface area contributed by atoms with Gasteiger partial charge in [0.25, 0.3) is 5.91 Å². The minimum absolute atomic E-state index is 0.00357. The molecule has 0 fully saturated rings. The number of hydrogen-bond donors (Lipinski definition) is 2. The molecule has 0 atom stereocenters. The highest BCUT2D eigenvalue weighted by Crippen LogP contribution is 2.26. The first-order chi connectivity index (χ1) is 17.6. The van der Waals surface area contributed by atoms with Crippen molar-refractivity contribution >= 4 is 17.5 Å². The lowest BCUT2D eigenvalue weighted by molar-refractivity contribution is -0.116. The molecule has 7 nitrogen and oxygen atoms in total. The first-order valence-corrected chi connectivity index (χ1v) is 12.0. The molecule has 4 rings (SSSR count). The van der Waals surface area contributed by atoms with Crippen LogP contribution in [-0.4, -0.2) is 28.7 Å². The normalized spacial score (nSPS) is 10.6. The molecule has 7 heteroatoms. The third-order valence-electron chi connectivity index (χ3n) is 5.70. The summed E-state index contributed by atoms with van der Waals surface area (Å²) in [5.41, 5.74) is 4.65. The monoisotopic (exact) mass is 482 g/mol. The van der Waals surface area contributed by atoms with Crippen molar-refractivity contribution in [2.45, 2.75) is 32.9 Å². The summed E-state index contributed by atoms with van der Waals surface area (Å²) >= 11 is 0. The van der Waals surface area contributed by atoms with Gasteiger partial charge in [0.1, 0.15) is 11.4 Å². The average molecular weight is 483 g/mol. The highest BCUT2D eigenvalue weighted by atomic mass is 16.5. The van der Waals surface area contributed by atoms with Gasteiger partial charge in [-0.05, 0) is 41.8 Å². The maximum atomic E-state index is 13.3. The minimum atomic E-state index is -0.215. The lowest BCUT2D eigenvalue weighted by Crippen LogP contribution is -2.23. The Balaban J connectivity index is 1.52. The molecule has 1 heterocycles. The van der Waals surface area contributed by atoms with Crippen LogP contribution in [-0.2, 0) is 17.9 Å². The molecule has 2 N–H and O–H groups in total. The molecule has 0 radical (unpaired) electrons. The van der Waals surface area contributed by atoms with Crippen LogP contribution in [0.25, 0.3) is 11.3 Å². The Morgan fingerprint density at radius 2 is 1.72 bits per heavy atom. The third kappa shape index (κ3) is 6.39. The molecule has 0 saturated carbocycles. The molecule has 0 bridgehead atoms. The number of benzene rings is 3. The van der Waals surface area contributed by atoms with Crippen molar-refractivity contribution in [1.29, 1.82) is 0 Å². The van der Waals surface area contributed by atoms with Crippen molar-refractivity contribution in [1.82, 2.24) is 15.1 Å². The van der Waals surface area contributed by atoms with Crippen LogP contribution in [0.1, 0.15) is 41.3 Å². The van der Waals surface area contributed by atoms with E-state index in [1.807, 2.05) is 85.8 Å². The van der Waals surface area contributed by atoms with E-state index in [-0.39, 0.29) is 11.8 Å². The minimum Gasteiger partial charge on any atom is -0.497 e. The Morgan fingerprint density at radius 1 is 0.944 bits per heavy atom. The van der Waals surface area contributed by atoms with Gasteiger partial charge >= 0.3 is 0 Å². The quantitative estimate of drug-likeness (QED) is 0.322. The van der Waals surface area contributed by atoms with E-state index < -0.39 is 0 Å². The molecule has 4 aromatic rings. The van der Waals surface area contributed by atoms with E-state index in [2.05, 4.69) is 10.6 Å². The van der Waals surface area contributed by atoms with Crippen molar-refractivity contribution in [3.05, 3.63) is 102 Å². The van der Waals surface area contributed by atoms with E-state index in [1.54, 1.807) is 18.0 Å². The van der Waals surface area contributed by atoms with Gasteiger partial charge in [-0.15, -0.1) is 0 Å². The summed E-state index contributed by atoms with van der Waals surface area (Å²) < 4.78 is 7.15. The zero-order valence-electron chi connectivity index (χ0n) is 20.5. The van der Waals surface area contributed by atoms with Crippen LogP contribution in [0.4, 0.5) is 5.69 Å². The maximum Gasteiger partial charge on any atom is 0.255 e. The van der Waals surface area contributed by atoms with E-state index in [9.17, 15) is 9.59 Å². The summed E-state index contributed by atoms with van der Waals surface area (Å²) in [6.45, 7) is 2.87. The topological polar surface area (TPSA) is 85.3 Å². The SMILES string of the molecule is CCCC(=O)Nc1ccc(CNC(=O)c2cn(Cc3ccccc3)nc2-c2cccc(OC)c2)cc1. The second kappa shape index (κ2) is 11.8. The van der Waals surface area contributed by atoms with Gasteiger partial charge in [-0.25, -0.2) is 0 Å². The number of carbonyl (C=O) groups is 2. The molecule has 0 aliphatic heterocycles. The van der Waals surface area contributed by atoms with E-state index in [0.29, 0.717) is 36.5 Å². The van der Waals surface area contributed by atoms with E-state index in [0.717, 1.165) is 28.8 Å². The molecule has 3 aromatic carbocycles. The lowest BCUT2D eigenvalue weighted by atomic mass is 10.1. The molecule has 2 amide bonds. The van der Waals surface area contributed by atoms with Crippen LogP contribution in [0.15, 0.2) is 85.1 Å². The zero-order valence-corrected chi connectivity index (χ0v) is 20.5. The van der Waals surface area contributed by atoms with Crippen LogP contribution in [0.5, 0.6) is 5.75 Å². The number of methoxy groups -OCH3 is 1. The predicted octanol–water partition coefficient (Wildman–Crippen LogP) is 5.28.